The zero-order valence-electron chi connectivity index (χ0n) is 12.3. The van der Waals surface area contributed by atoms with E-state index >= 15 is 0 Å². The quantitative estimate of drug-likeness (QED) is 0.523. The van der Waals surface area contributed by atoms with Crippen molar-refractivity contribution >= 4 is 56.2 Å². The summed E-state index contributed by atoms with van der Waals surface area (Å²) in [5.74, 6) is 0.504. The van der Waals surface area contributed by atoms with Crippen LogP contribution in [0.15, 0.2) is 47.4 Å². The average molecular weight is 406 g/mol. The first-order valence-electron chi connectivity index (χ1n) is 6.50. The maximum absolute atomic E-state index is 12.1. The summed E-state index contributed by atoms with van der Waals surface area (Å²) in [4.78, 5) is 2.21. The third-order valence-electron chi connectivity index (χ3n) is 2.83. The van der Waals surface area contributed by atoms with E-state index < -0.39 is 10.0 Å². The molecule has 0 atom stereocenters. The Morgan fingerprint density at radius 1 is 1.08 bits per heavy atom. The second-order valence-electron chi connectivity index (χ2n) is 4.48. The molecule has 10 heteroatoms. The molecule has 0 amide bonds. The van der Waals surface area contributed by atoms with Gasteiger partial charge in [0.2, 0.25) is 0 Å². The Balaban J connectivity index is 2.03. The van der Waals surface area contributed by atoms with E-state index in [0.29, 0.717) is 21.5 Å². The number of hydrogen-bond acceptors (Lipinski definition) is 4. The van der Waals surface area contributed by atoms with Crippen LogP contribution in [0.5, 0.6) is 5.75 Å². The van der Waals surface area contributed by atoms with Gasteiger partial charge in [-0.05, 0) is 54.7 Å². The molecule has 0 aliphatic rings. The highest BCUT2D eigenvalue weighted by Gasteiger charge is 2.14. The Labute approximate surface area is 155 Å². The molecule has 0 heterocycles. The number of rotatable bonds is 5. The molecule has 0 aliphatic carbocycles. The molecular weight excluding hydrogens is 393 g/mol. The topological polar surface area (TPSA) is 79.5 Å². The van der Waals surface area contributed by atoms with Crippen LogP contribution in [0.4, 0.5) is 5.69 Å². The predicted octanol–water partition coefficient (Wildman–Crippen LogP) is 3.18. The first-order chi connectivity index (χ1) is 11.3. The number of benzene rings is 2. The van der Waals surface area contributed by atoms with Crippen molar-refractivity contribution in [3.63, 3.8) is 0 Å². The molecule has 0 aromatic heterocycles. The average Bonchev–Trinajstić information content (AvgIpc) is 2.54. The van der Waals surface area contributed by atoms with Gasteiger partial charge >= 0.3 is 0 Å². The minimum absolute atomic E-state index is 0.0214. The highest BCUT2D eigenvalue weighted by Crippen LogP contribution is 2.27. The van der Waals surface area contributed by atoms with E-state index in [4.69, 9.17) is 40.2 Å². The largest absolute Gasteiger partial charge is 0.495 e. The summed E-state index contributed by atoms with van der Waals surface area (Å²) in [5.41, 5.74) is 2.90. The van der Waals surface area contributed by atoms with Crippen LogP contribution in [0.2, 0.25) is 10.0 Å². The van der Waals surface area contributed by atoms with Gasteiger partial charge in [0.05, 0.1) is 17.7 Å². The summed E-state index contributed by atoms with van der Waals surface area (Å²) in [6.07, 6.45) is 0. The zero-order chi connectivity index (χ0) is 17.7. The number of ether oxygens (including phenoxy) is 1. The molecule has 0 saturated carbocycles. The number of nitrogens with one attached hydrogen (secondary N) is 3. The summed E-state index contributed by atoms with van der Waals surface area (Å²) >= 11 is 16.7. The molecule has 2 aromatic rings. The monoisotopic (exact) mass is 405 g/mol. The molecular formula is C14H13Cl2N3O3S2. The number of sulfonamides is 1. The van der Waals surface area contributed by atoms with Crippen molar-refractivity contribution in [1.29, 1.82) is 0 Å². The number of hydrogen-bond donors (Lipinski definition) is 3. The molecule has 6 nitrogen and oxygen atoms in total. The second-order valence-corrected chi connectivity index (χ2v) is 7.45. The molecule has 0 bridgehead atoms. The minimum atomic E-state index is -3.79. The van der Waals surface area contributed by atoms with Crippen LogP contribution in [0.3, 0.4) is 0 Å². The lowest BCUT2D eigenvalue weighted by atomic mass is 10.3. The molecule has 0 radical (unpaired) electrons. The predicted molar refractivity (Wildman–Crippen MR) is 99.1 cm³/mol. The van der Waals surface area contributed by atoms with Gasteiger partial charge < -0.3 is 10.1 Å². The lowest BCUT2D eigenvalue weighted by molar-refractivity contribution is 0.417. The van der Waals surface area contributed by atoms with Crippen molar-refractivity contribution in [3.05, 3.63) is 52.5 Å². The van der Waals surface area contributed by atoms with Gasteiger partial charge in [0, 0.05) is 10.0 Å². The number of thiocarbonyl (C=S) groups is 1. The van der Waals surface area contributed by atoms with Gasteiger partial charge in [-0.2, -0.15) is 0 Å². The standard InChI is InChI=1S/C14H13Cl2N3O3S2/c1-22-13-7-4-10(16)8-12(13)17-14(23)18-19-24(20,21)11-5-2-9(15)3-6-11/h2-8,19H,1H3,(H2,17,18,23). The molecule has 3 N–H and O–H groups in total. The highest BCUT2D eigenvalue weighted by molar-refractivity contribution is 7.89. The Morgan fingerprint density at radius 2 is 1.71 bits per heavy atom. The van der Waals surface area contributed by atoms with Crippen LogP contribution in [-0.2, 0) is 10.0 Å². The number of hydrazine groups is 1. The van der Waals surface area contributed by atoms with Crippen LogP contribution >= 0.6 is 35.4 Å². The van der Waals surface area contributed by atoms with Crippen molar-refractivity contribution in [1.82, 2.24) is 10.3 Å². The number of methoxy groups -OCH3 is 1. The van der Waals surface area contributed by atoms with Crippen molar-refractivity contribution in [2.45, 2.75) is 4.90 Å². The molecule has 0 aliphatic heterocycles. The maximum Gasteiger partial charge on any atom is 0.257 e. The first-order valence-corrected chi connectivity index (χ1v) is 9.14. The molecule has 0 fully saturated rings. The molecule has 128 valence electrons. The first kappa shape index (κ1) is 18.8. The molecule has 2 rings (SSSR count). The van der Waals surface area contributed by atoms with Crippen molar-refractivity contribution < 1.29 is 13.2 Å². The van der Waals surface area contributed by atoms with Gasteiger partial charge in [-0.25, -0.2) is 8.42 Å². The molecule has 24 heavy (non-hydrogen) atoms. The van der Waals surface area contributed by atoms with Crippen LogP contribution in [0.1, 0.15) is 0 Å². The summed E-state index contributed by atoms with van der Waals surface area (Å²) in [7, 11) is -2.30. The fraction of sp³-hybridized carbons (Fsp3) is 0.0714. The normalized spacial score (nSPS) is 11.0. The smallest absolute Gasteiger partial charge is 0.257 e. The van der Waals surface area contributed by atoms with Crippen LogP contribution < -0.4 is 20.3 Å². The molecule has 2 aromatic carbocycles. The zero-order valence-corrected chi connectivity index (χ0v) is 15.5. The lowest BCUT2D eigenvalue weighted by Gasteiger charge is -2.14. The summed E-state index contributed by atoms with van der Waals surface area (Å²) in [6.45, 7) is 0. The highest BCUT2D eigenvalue weighted by atomic mass is 35.5. The molecule has 0 spiro atoms. The maximum atomic E-state index is 12.1. The number of anilines is 1. The fourth-order valence-corrected chi connectivity index (χ4v) is 3.09. The third-order valence-corrected chi connectivity index (χ3v) is 4.79. The fourth-order valence-electron chi connectivity index (χ4n) is 1.72. The van der Waals surface area contributed by atoms with Gasteiger partial charge in [0.1, 0.15) is 5.75 Å². The summed E-state index contributed by atoms with van der Waals surface area (Å²) in [6, 6.07) is 10.6. The van der Waals surface area contributed by atoms with Crippen molar-refractivity contribution in [2.24, 2.45) is 0 Å². The Kier molecular flexibility index (Phi) is 6.25. The van der Waals surface area contributed by atoms with Gasteiger partial charge in [-0.15, -0.1) is 4.83 Å². The van der Waals surface area contributed by atoms with Crippen molar-refractivity contribution in [2.75, 3.05) is 12.4 Å². The van der Waals surface area contributed by atoms with Gasteiger partial charge in [-0.1, -0.05) is 23.2 Å². The van der Waals surface area contributed by atoms with E-state index in [0.717, 1.165) is 0 Å². The van der Waals surface area contributed by atoms with E-state index in [-0.39, 0.29) is 10.0 Å². The van der Waals surface area contributed by atoms with E-state index in [1.165, 1.54) is 31.4 Å². The van der Waals surface area contributed by atoms with Gasteiger partial charge in [-0.3, -0.25) is 5.43 Å². The van der Waals surface area contributed by atoms with E-state index in [1.54, 1.807) is 18.2 Å². The Morgan fingerprint density at radius 3 is 2.33 bits per heavy atom. The summed E-state index contributed by atoms with van der Waals surface area (Å²) in [5, 5.41) is 3.73. The summed E-state index contributed by atoms with van der Waals surface area (Å²) < 4.78 is 29.4. The minimum Gasteiger partial charge on any atom is -0.495 e. The van der Waals surface area contributed by atoms with E-state index in [2.05, 4.69) is 15.6 Å². The Bertz CT molecular complexity index is 843. The van der Waals surface area contributed by atoms with Crippen LogP contribution in [0.25, 0.3) is 0 Å². The van der Waals surface area contributed by atoms with Gasteiger partial charge in [0.25, 0.3) is 10.0 Å². The SMILES string of the molecule is COc1ccc(Cl)cc1NC(=S)NNS(=O)(=O)c1ccc(Cl)cc1. The van der Waals surface area contributed by atoms with Crippen LogP contribution in [-0.4, -0.2) is 20.6 Å². The molecule has 0 unspecified atom stereocenters. The van der Waals surface area contributed by atoms with Crippen LogP contribution in [0, 0.1) is 0 Å². The van der Waals surface area contributed by atoms with Crippen molar-refractivity contribution in [3.8, 4) is 5.75 Å². The van der Waals surface area contributed by atoms with E-state index in [9.17, 15) is 8.42 Å². The lowest BCUT2D eigenvalue weighted by Crippen LogP contribution is -2.43. The second kappa shape index (κ2) is 8.00. The Hall–Kier alpha value is -1.58. The van der Waals surface area contributed by atoms with Gasteiger partial charge in [0.15, 0.2) is 5.11 Å². The van der Waals surface area contributed by atoms with E-state index in [1.807, 2.05) is 0 Å². The third kappa shape index (κ3) is 4.96. The number of halogens is 2. The molecule has 0 saturated heterocycles.